The fourth-order valence-electron chi connectivity index (χ4n) is 5.69. The van der Waals surface area contributed by atoms with E-state index in [9.17, 15) is 13.6 Å². The minimum atomic E-state index is -2.36. The molecule has 7 nitrogen and oxygen atoms in total. The molecule has 0 N–H and O–H groups in total. The van der Waals surface area contributed by atoms with Gasteiger partial charge in [0.15, 0.2) is 11.4 Å². The molecule has 2 aliphatic heterocycles. The van der Waals surface area contributed by atoms with Gasteiger partial charge in [-0.25, -0.2) is 18.3 Å². The molecule has 1 aliphatic carbocycles. The standard InChI is InChI=1S/C26H28F2N4O3/c1-26(2)11-17-6-16(9-21(33)19-12-30-32-5-3-4-29-25(19)32)22(10-23(17)35-26)34-14-18-7-15-8-20(15)31(18)13-24(27)28/h3-6,10,12,15,18,20,24H,7-9,11,13-14H2,1-2H3/t15-,18+,20+/m1/s1. The summed E-state index contributed by atoms with van der Waals surface area (Å²) < 4.78 is 40.2. The first kappa shape index (κ1) is 22.4. The van der Waals surface area contributed by atoms with Gasteiger partial charge in [0.2, 0.25) is 0 Å². The van der Waals surface area contributed by atoms with Crippen LogP contribution in [-0.4, -0.2) is 62.5 Å². The zero-order valence-electron chi connectivity index (χ0n) is 19.8. The predicted molar refractivity (Wildman–Crippen MR) is 124 cm³/mol. The summed E-state index contributed by atoms with van der Waals surface area (Å²) in [7, 11) is 0. The first-order chi connectivity index (χ1) is 16.8. The quantitative estimate of drug-likeness (QED) is 0.453. The molecule has 9 heteroatoms. The second-order valence-electron chi connectivity index (χ2n) is 10.5. The maximum atomic E-state index is 13.3. The second-order valence-corrected chi connectivity index (χ2v) is 10.5. The van der Waals surface area contributed by atoms with Gasteiger partial charge in [-0.2, -0.15) is 5.10 Å². The summed E-state index contributed by atoms with van der Waals surface area (Å²) in [6, 6.07) is 5.80. The number of alkyl halides is 2. The predicted octanol–water partition coefficient (Wildman–Crippen LogP) is 3.97. The number of ketones is 1. The number of hydrogen-bond donors (Lipinski definition) is 0. The molecule has 0 unspecified atom stereocenters. The summed E-state index contributed by atoms with van der Waals surface area (Å²) in [5.41, 5.74) is 2.42. The molecule has 4 heterocycles. The van der Waals surface area contributed by atoms with Crippen molar-refractivity contribution in [1.82, 2.24) is 19.5 Å². The Kier molecular flexibility index (Phi) is 5.28. The first-order valence-electron chi connectivity index (χ1n) is 12.1. The van der Waals surface area contributed by atoms with Crippen molar-refractivity contribution in [3.05, 3.63) is 53.5 Å². The smallest absolute Gasteiger partial charge is 0.251 e. The van der Waals surface area contributed by atoms with E-state index in [1.165, 1.54) is 6.20 Å². The maximum Gasteiger partial charge on any atom is 0.251 e. The molecule has 0 amide bonds. The van der Waals surface area contributed by atoms with Gasteiger partial charge in [0, 0.05) is 48.9 Å². The van der Waals surface area contributed by atoms with Gasteiger partial charge in [-0.15, -0.1) is 0 Å². The minimum absolute atomic E-state index is 0.0502. The third-order valence-electron chi connectivity index (χ3n) is 7.31. The fraction of sp³-hybridized carbons (Fsp3) is 0.500. The zero-order valence-corrected chi connectivity index (χ0v) is 19.8. The van der Waals surface area contributed by atoms with Crippen molar-refractivity contribution in [3.8, 4) is 11.5 Å². The third-order valence-corrected chi connectivity index (χ3v) is 7.31. The number of likely N-dealkylation sites (tertiary alicyclic amines) is 1. The molecule has 0 radical (unpaired) electrons. The number of benzene rings is 1. The van der Waals surface area contributed by atoms with Crippen LogP contribution in [0.5, 0.6) is 11.5 Å². The van der Waals surface area contributed by atoms with Gasteiger partial charge in [0.1, 0.15) is 23.7 Å². The molecule has 3 aliphatic rings. The Morgan fingerprint density at radius 2 is 2.17 bits per heavy atom. The van der Waals surface area contributed by atoms with Crippen LogP contribution in [-0.2, 0) is 12.8 Å². The summed E-state index contributed by atoms with van der Waals surface area (Å²) in [6.45, 7) is 4.14. The number of carbonyl (C=O) groups excluding carboxylic acids is 1. The highest BCUT2D eigenvalue weighted by Crippen LogP contribution is 2.48. The zero-order chi connectivity index (χ0) is 24.3. The van der Waals surface area contributed by atoms with Crippen LogP contribution in [0.2, 0.25) is 0 Å². The Balaban J connectivity index is 1.26. The molecule has 35 heavy (non-hydrogen) atoms. The van der Waals surface area contributed by atoms with Crippen LogP contribution in [0.15, 0.2) is 36.8 Å². The van der Waals surface area contributed by atoms with E-state index in [1.54, 1.807) is 23.0 Å². The van der Waals surface area contributed by atoms with Gasteiger partial charge < -0.3 is 9.47 Å². The highest BCUT2D eigenvalue weighted by atomic mass is 19.3. The monoisotopic (exact) mass is 482 g/mol. The molecule has 0 bridgehead atoms. The number of fused-ring (bicyclic) bond motifs is 3. The topological polar surface area (TPSA) is 69.0 Å². The number of piperidine rings is 1. The van der Waals surface area contributed by atoms with E-state index in [-0.39, 0.29) is 36.4 Å². The summed E-state index contributed by atoms with van der Waals surface area (Å²) in [4.78, 5) is 19.5. The van der Waals surface area contributed by atoms with Crippen LogP contribution < -0.4 is 9.47 Å². The van der Waals surface area contributed by atoms with E-state index in [0.29, 0.717) is 29.5 Å². The SMILES string of the molecule is CC1(C)Cc2cc(CC(=O)c3cnn4cccnc34)c(OC[C@@H]3C[C@@H]4C[C@@H]4N3CC(F)F)cc2O1. The molecule has 2 fully saturated rings. The van der Waals surface area contributed by atoms with Crippen molar-refractivity contribution < 1.29 is 23.0 Å². The van der Waals surface area contributed by atoms with Crippen molar-refractivity contribution >= 4 is 11.4 Å². The first-order valence-corrected chi connectivity index (χ1v) is 12.1. The number of ether oxygens (including phenoxy) is 2. The Morgan fingerprint density at radius 1 is 1.31 bits per heavy atom. The maximum absolute atomic E-state index is 13.3. The van der Waals surface area contributed by atoms with Crippen LogP contribution in [0.25, 0.3) is 5.65 Å². The molecular formula is C26H28F2N4O3. The van der Waals surface area contributed by atoms with Crippen molar-refractivity contribution in [1.29, 1.82) is 0 Å². The Hall–Kier alpha value is -3.07. The number of Topliss-reactive ketones (excluding diaryl/α,β-unsaturated/α-hetero) is 1. The van der Waals surface area contributed by atoms with E-state index in [2.05, 4.69) is 10.1 Å². The van der Waals surface area contributed by atoms with Gasteiger partial charge in [0.25, 0.3) is 6.43 Å². The van der Waals surface area contributed by atoms with Crippen molar-refractivity contribution in [2.24, 2.45) is 5.92 Å². The van der Waals surface area contributed by atoms with E-state index in [1.807, 2.05) is 30.9 Å². The third kappa shape index (κ3) is 4.26. The van der Waals surface area contributed by atoms with Gasteiger partial charge in [0.05, 0.1) is 18.3 Å². The molecule has 1 saturated carbocycles. The van der Waals surface area contributed by atoms with E-state index in [4.69, 9.17) is 9.47 Å². The fourth-order valence-corrected chi connectivity index (χ4v) is 5.69. The normalized spacial score (nSPS) is 24.4. The van der Waals surface area contributed by atoms with E-state index in [0.717, 1.165) is 36.1 Å². The molecule has 3 atom stereocenters. The van der Waals surface area contributed by atoms with E-state index >= 15 is 0 Å². The Morgan fingerprint density at radius 3 is 3.00 bits per heavy atom. The molecule has 1 aromatic carbocycles. The molecule has 0 spiro atoms. The molecule has 6 rings (SSSR count). The number of carbonyl (C=O) groups is 1. The highest BCUT2D eigenvalue weighted by Gasteiger charge is 2.52. The molecule has 2 aromatic heterocycles. The summed E-state index contributed by atoms with van der Waals surface area (Å²) in [5.74, 6) is 1.70. The summed E-state index contributed by atoms with van der Waals surface area (Å²) >= 11 is 0. The van der Waals surface area contributed by atoms with Crippen LogP contribution in [0.4, 0.5) is 8.78 Å². The Labute approximate surface area is 202 Å². The number of hydrogen-bond acceptors (Lipinski definition) is 6. The minimum Gasteiger partial charge on any atom is -0.492 e. The second kappa shape index (κ2) is 8.26. The highest BCUT2D eigenvalue weighted by molar-refractivity contribution is 6.02. The number of halogens is 2. The van der Waals surface area contributed by atoms with Crippen LogP contribution >= 0.6 is 0 Å². The van der Waals surface area contributed by atoms with Gasteiger partial charge >= 0.3 is 0 Å². The Bertz CT molecular complexity index is 1290. The number of aromatic nitrogens is 3. The van der Waals surface area contributed by atoms with Gasteiger partial charge in [-0.1, -0.05) is 0 Å². The lowest BCUT2D eigenvalue weighted by Crippen LogP contribution is -2.40. The van der Waals surface area contributed by atoms with Crippen molar-refractivity contribution in [2.45, 2.75) is 63.6 Å². The van der Waals surface area contributed by atoms with Gasteiger partial charge in [-0.05, 0) is 50.3 Å². The molecule has 3 aromatic rings. The largest absolute Gasteiger partial charge is 0.492 e. The van der Waals surface area contributed by atoms with Crippen LogP contribution in [0.1, 0.15) is 48.2 Å². The van der Waals surface area contributed by atoms with Crippen molar-refractivity contribution in [3.63, 3.8) is 0 Å². The lowest BCUT2D eigenvalue weighted by molar-refractivity contribution is 0.0575. The van der Waals surface area contributed by atoms with E-state index < -0.39 is 6.43 Å². The van der Waals surface area contributed by atoms with Gasteiger partial charge in [-0.3, -0.25) is 9.69 Å². The lowest BCUT2D eigenvalue weighted by atomic mass is 9.97. The average Bonchev–Trinajstić information content (AvgIpc) is 3.14. The van der Waals surface area contributed by atoms with Crippen molar-refractivity contribution in [2.75, 3.05) is 13.2 Å². The number of nitrogens with zero attached hydrogens (tertiary/aromatic N) is 4. The van der Waals surface area contributed by atoms with Crippen LogP contribution in [0.3, 0.4) is 0 Å². The lowest BCUT2D eigenvalue weighted by Gasteiger charge is -2.27. The molecule has 1 saturated heterocycles. The average molecular weight is 483 g/mol. The molecule has 184 valence electrons. The number of rotatable bonds is 8. The summed E-state index contributed by atoms with van der Waals surface area (Å²) in [6.07, 6.45) is 5.28. The summed E-state index contributed by atoms with van der Waals surface area (Å²) in [5, 5.41) is 4.23. The molecular weight excluding hydrogens is 454 g/mol. The van der Waals surface area contributed by atoms with Crippen LogP contribution in [0, 0.1) is 5.92 Å².